The fourth-order valence-corrected chi connectivity index (χ4v) is 2.36. The molecule has 0 heterocycles. The third-order valence-electron chi connectivity index (χ3n) is 3.38. The summed E-state index contributed by atoms with van der Waals surface area (Å²) in [5.74, 6) is -0.162. The Kier molecular flexibility index (Phi) is 7.52. The predicted molar refractivity (Wildman–Crippen MR) is 105 cm³/mol. The van der Waals surface area contributed by atoms with Gasteiger partial charge in [-0.25, -0.2) is 4.79 Å². The van der Waals surface area contributed by atoms with Gasteiger partial charge in [0, 0.05) is 12.1 Å². The molecule has 27 heavy (non-hydrogen) atoms. The Bertz CT molecular complexity index is 867. The Morgan fingerprint density at radius 3 is 2.48 bits per heavy atom. The maximum Gasteiger partial charge on any atom is 0.331 e. The molecule has 0 aliphatic heterocycles. The number of hydrogen-bond donors (Lipinski definition) is 1. The number of benzene rings is 2. The van der Waals surface area contributed by atoms with E-state index in [0.717, 1.165) is 0 Å². The maximum absolute atomic E-state index is 12.0. The first kappa shape index (κ1) is 20.6. The van der Waals surface area contributed by atoms with Crippen LogP contribution in [0.15, 0.2) is 42.5 Å². The van der Waals surface area contributed by atoms with Crippen LogP contribution in [0.1, 0.15) is 5.56 Å². The summed E-state index contributed by atoms with van der Waals surface area (Å²) in [6.07, 6.45) is 2.70. The molecule has 142 valence electrons. The first-order valence-electron chi connectivity index (χ1n) is 7.74. The number of hydrogen-bond acceptors (Lipinski definition) is 5. The van der Waals surface area contributed by atoms with Gasteiger partial charge in [-0.2, -0.15) is 0 Å². The Hall–Kier alpha value is -2.70. The molecule has 2 rings (SSSR count). The number of anilines is 1. The molecule has 0 fully saturated rings. The van der Waals surface area contributed by atoms with Crippen molar-refractivity contribution in [2.45, 2.75) is 0 Å². The topological polar surface area (TPSA) is 73.9 Å². The van der Waals surface area contributed by atoms with E-state index in [0.29, 0.717) is 32.8 Å². The minimum atomic E-state index is -0.669. The molecular formula is C19H17Cl2NO5. The Morgan fingerprint density at radius 2 is 1.81 bits per heavy atom. The van der Waals surface area contributed by atoms with E-state index < -0.39 is 18.5 Å². The third-order valence-corrected chi connectivity index (χ3v) is 4.12. The second-order valence-electron chi connectivity index (χ2n) is 5.23. The van der Waals surface area contributed by atoms with Gasteiger partial charge in [0.25, 0.3) is 5.91 Å². The van der Waals surface area contributed by atoms with Gasteiger partial charge >= 0.3 is 5.97 Å². The van der Waals surface area contributed by atoms with Crippen molar-refractivity contribution in [2.24, 2.45) is 0 Å². The SMILES string of the molecule is COc1ccc(NC(=O)COC(=O)/C=C/c2ccc(Cl)c(Cl)c2)c(OC)c1. The van der Waals surface area contributed by atoms with E-state index in [1.54, 1.807) is 36.4 Å². The monoisotopic (exact) mass is 409 g/mol. The number of rotatable bonds is 7. The highest BCUT2D eigenvalue weighted by Crippen LogP contribution is 2.29. The zero-order valence-electron chi connectivity index (χ0n) is 14.6. The number of carbonyl (C=O) groups is 2. The van der Waals surface area contributed by atoms with E-state index in [-0.39, 0.29) is 0 Å². The molecule has 0 saturated carbocycles. The van der Waals surface area contributed by atoms with E-state index in [1.165, 1.54) is 26.4 Å². The minimum Gasteiger partial charge on any atom is -0.497 e. The summed E-state index contributed by atoms with van der Waals surface area (Å²) < 4.78 is 15.2. The van der Waals surface area contributed by atoms with Crippen LogP contribution < -0.4 is 14.8 Å². The number of ether oxygens (including phenoxy) is 3. The zero-order chi connectivity index (χ0) is 19.8. The summed E-state index contributed by atoms with van der Waals surface area (Å²) in [6.45, 7) is -0.445. The standard InChI is InChI=1S/C19H17Cl2NO5/c1-25-13-5-7-16(17(10-13)26-2)22-18(23)11-27-19(24)8-4-12-3-6-14(20)15(21)9-12/h3-10H,11H2,1-2H3,(H,22,23)/b8-4+. The van der Waals surface area contributed by atoms with Crippen LogP contribution >= 0.6 is 23.2 Å². The summed E-state index contributed by atoms with van der Waals surface area (Å²) in [7, 11) is 3.00. The number of methoxy groups -OCH3 is 2. The maximum atomic E-state index is 12.0. The molecule has 2 aromatic rings. The average molecular weight is 410 g/mol. The van der Waals surface area contributed by atoms with Crippen LogP contribution in [0.2, 0.25) is 10.0 Å². The van der Waals surface area contributed by atoms with Gasteiger partial charge in [0.2, 0.25) is 0 Å². The number of amides is 1. The molecule has 0 radical (unpaired) electrons. The minimum absolute atomic E-state index is 0.375. The molecule has 0 aromatic heterocycles. The highest BCUT2D eigenvalue weighted by atomic mass is 35.5. The molecule has 8 heteroatoms. The molecule has 2 aromatic carbocycles. The van der Waals surface area contributed by atoms with E-state index >= 15 is 0 Å². The van der Waals surface area contributed by atoms with Gasteiger partial charge in [0.15, 0.2) is 6.61 Å². The van der Waals surface area contributed by atoms with Crippen LogP contribution in [0.4, 0.5) is 5.69 Å². The van der Waals surface area contributed by atoms with Gasteiger partial charge in [0.05, 0.1) is 30.0 Å². The van der Waals surface area contributed by atoms with Gasteiger partial charge in [-0.1, -0.05) is 29.3 Å². The number of esters is 1. The van der Waals surface area contributed by atoms with Crippen LogP contribution in [0, 0.1) is 0 Å². The van der Waals surface area contributed by atoms with Crippen molar-refractivity contribution in [1.29, 1.82) is 0 Å². The van der Waals surface area contributed by atoms with E-state index in [1.807, 2.05) is 0 Å². The van der Waals surface area contributed by atoms with Crippen LogP contribution in [0.3, 0.4) is 0 Å². The fourth-order valence-electron chi connectivity index (χ4n) is 2.05. The zero-order valence-corrected chi connectivity index (χ0v) is 16.1. The largest absolute Gasteiger partial charge is 0.497 e. The van der Waals surface area contributed by atoms with Gasteiger partial charge < -0.3 is 19.5 Å². The van der Waals surface area contributed by atoms with Crippen LogP contribution in [-0.4, -0.2) is 32.7 Å². The van der Waals surface area contributed by atoms with E-state index in [4.69, 9.17) is 37.4 Å². The molecule has 0 unspecified atom stereocenters. The molecule has 1 amide bonds. The van der Waals surface area contributed by atoms with Gasteiger partial charge in [-0.3, -0.25) is 4.79 Å². The van der Waals surface area contributed by atoms with Crippen molar-refractivity contribution >= 4 is 46.8 Å². The lowest BCUT2D eigenvalue weighted by Gasteiger charge is -2.11. The number of nitrogens with one attached hydrogen (secondary N) is 1. The normalized spacial score (nSPS) is 10.5. The van der Waals surface area contributed by atoms with Crippen LogP contribution in [-0.2, 0) is 14.3 Å². The molecular weight excluding hydrogens is 393 g/mol. The van der Waals surface area contributed by atoms with Crippen LogP contribution in [0.5, 0.6) is 11.5 Å². The third kappa shape index (κ3) is 6.20. The highest BCUT2D eigenvalue weighted by molar-refractivity contribution is 6.42. The lowest BCUT2D eigenvalue weighted by atomic mass is 10.2. The molecule has 0 saturated heterocycles. The van der Waals surface area contributed by atoms with Crippen LogP contribution in [0.25, 0.3) is 6.08 Å². The second kappa shape index (κ2) is 9.85. The Morgan fingerprint density at radius 1 is 1.04 bits per heavy atom. The lowest BCUT2D eigenvalue weighted by Crippen LogP contribution is -2.20. The van der Waals surface area contributed by atoms with E-state index in [2.05, 4.69) is 5.32 Å². The smallest absolute Gasteiger partial charge is 0.331 e. The summed E-state index contributed by atoms with van der Waals surface area (Å²) in [4.78, 5) is 23.7. The van der Waals surface area contributed by atoms with Crippen molar-refractivity contribution in [2.75, 3.05) is 26.1 Å². The molecule has 0 spiro atoms. The summed E-state index contributed by atoms with van der Waals surface area (Å²) in [6, 6.07) is 9.84. The van der Waals surface area contributed by atoms with Crippen molar-refractivity contribution in [3.05, 3.63) is 58.1 Å². The van der Waals surface area contributed by atoms with Crippen molar-refractivity contribution in [3.63, 3.8) is 0 Å². The quantitative estimate of drug-likeness (QED) is 0.547. The number of carbonyl (C=O) groups excluding carboxylic acids is 2. The predicted octanol–water partition coefficient (Wildman–Crippen LogP) is 4.21. The highest BCUT2D eigenvalue weighted by Gasteiger charge is 2.10. The molecule has 6 nitrogen and oxygen atoms in total. The summed E-state index contributed by atoms with van der Waals surface area (Å²) >= 11 is 11.7. The molecule has 0 aliphatic rings. The fraction of sp³-hybridized carbons (Fsp3) is 0.158. The van der Waals surface area contributed by atoms with Crippen molar-refractivity contribution in [3.8, 4) is 11.5 Å². The van der Waals surface area contributed by atoms with Crippen molar-refractivity contribution in [1.82, 2.24) is 0 Å². The number of halogens is 2. The molecule has 0 bridgehead atoms. The first-order valence-corrected chi connectivity index (χ1v) is 8.50. The van der Waals surface area contributed by atoms with Gasteiger partial charge in [-0.05, 0) is 35.9 Å². The first-order chi connectivity index (χ1) is 12.9. The average Bonchev–Trinajstić information content (AvgIpc) is 2.67. The van der Waals surface area contributed by atoms with E-state index in [9.17, 15) is 9.59 Å². The summed E-state index contributed by atoms with van der Waals surface area (Å²) in [5, 5.41) is 3.40. The lowest BCUT2D eigenvalue weighted by molar-refractivity contribution is -0.142. The van der Waals surface area contributed by atoms with Gasteiger partial charge in [-0.15, -0.1) is 0 Å². The van der Waals surface area contributed by atoms with Crippen molar-refractivity contribution < 1.29 is 23.8 Å². The van der Waals surface area contributed by atoms with Gasteiger partial charge in [0.1, 0.15) is 11.5 Å². The molecule has 0 atom stereocenters. The second-order valence-corrected chi connectivity index (χ2v) is 6.04. The Labute approximate surface area is 166 Å². The molecule has 1 N–H and O–H groups in total. The summed E-state index contributed by atoms with van der Waals surface area (Å²) in [5.41, 5.74) is 1.11. The molecule has 0 aliphatic carbocycles. The Balaban J connectivity index is 1.88.